The average molecular weight is 289 g/mol. The number of nitrogens with two attached hydrogens (primary N) is 1. The second kappa shape index (κ2) is 10.6. The summed E-state index contributed by atoms with van der Waals surface area (Å²) in [6.45, 7) is 7.29. The lowest BCUT2D eigenvalue weighted by atomic mass is 9.88. The summed E-state index contributed by atoms with van der Waals surface area (Å²) in [6, 6.07) is 0.340. The van der Waals surface area contributed by atoms with Crippen molar-refractivity contribution in [3.8, 4) is 0 Å². The molecule has 0 aromatic heterocycles. The molecule has 2 atom stereocenters. The van der Waals surface area contributed by atoms with Crippen LogP contribution in [0.5, 0.6) is 0 Å². The molecule has 0 heterocycles. The Balaban J connectivity index is 4.13. The highest BCUT2D eigenvalue weighted by Gasteiger charge is 2.18. The van der Waals surface area contributed by atoms with Crippen LogP contribution in [-0.4, -0.2) is 42.4 Å². The Labute approximate surface area is 123 Å². The fourth-order valence-corrected chi connectivity index (χ4v) is 2.81. The van der Waals surface area contributed by atoms with Gasteiger partial charge in [0.05, 0.1) is 0 Å². The monoisotopic (exact) mass is 288 g/mol. The second-order valence-corrected chi connectivity index (χ2v) is 6.74. The molecule has 0 rings (SSSR count). The lowest BCUT2D eigenvalue weighted by Crippen LogP contribution is -2.35. The number of hydrogen-bond acceptors (Lipinski definition) is 3. The minimum atomic E-state index is 0.274. The van der Waals surface area contributed by atoms with Crippen LogP contribution in [-0.2, 0) is 4.79 Å². The number of rotatable bonds is 10. The molecule has 0 spiro atoms. The van der Waals surface area contributed by atoms with Crippen LogP contribution in [0.2, 0.25) is 0 Å². The summed E-state index contributed by atoms with van der Waals surface area (Å²) in [5, 5.41) is 0. The Morgan fingerprint density at radius 2 is 1.84 bits per heavy atom. The zero-order valence-corrected chi connectivity index (χ0v) is 14.1. The van der Waals surface area contributed by atoms with Gasteiger partial charge in [0, 0.05) is 19.5 Å². The van der Waals surface area contributed by atoms with Crippen LogP contribution in [0.4, 0.5) is 0 Å². The molecule has 19 heavy (non-hydrogen) atoms. The van der Waals surface area contributed by atoms with Gasteiger partial charge in [-0.25, -0.2) is 0 Å². The van der Waals surface area contributed by atoms with Crippen molar-refractivity contribution in [2.24, 2.45) is 17.6 Å². The number of carbonyl (C=O) groups is 1. The standard InChI is InChI=1S/C15H32N2OS/c1-12(2)14(8-10-16)6-7-15(18)17(4)13(3)9-11-19-5/h12-14H,6-11,16H2,1-5H3. The average Bonchev–Trinajstić information content (AvgIpc) is 2.38. The van der Waals surface area contributed by atoms with E-state index in [-0.39, 0.29) is 5.91 Å². The molecule has 0 aliphatic carbocycles. The van der Waals surface area contributed by atoms with Gasteiger partial charge in [-0.2, -0.15) is 11.8 Å². The second-order valence-electron chi connectivity index (χ2n) is 5.76. The van der Waals surface area contributed by atoms with Gasteiger partial charge >= 0.3 is 0 Å². The first kappa shape index (κ1) is 18.8. The van der Waals surface area contributed by atoms with Crippen molar-refractivity contribution in [3.05, 3.63) is 0 Å². The number of nitrogens with zero attached hydrogens (tertiary/aromatic N) is 1. The molecular weight excluding hydrogens is 256 g/mol. The third-order valence-corrected chi connectivity index (χ3v) is 4.65. The third-order valence-electron chi connectivity index (χ3n) is 4.00. The highest BCUT2D eigenvalue weighted by Crippen LogP contribution is 2.21. The summed E-state index contributed by atoms with van der Waals surface area (Å²) in [5.41, 5.74) is 5.64. The van der Waals surface area contributed by atoms with Gasteiger partial charge in [0.25, 0.3) is 0 Å². The molecule has 0 fully saturated rings. The fourth-order valence-electron chi connectivity index (χ4n) is 2.24. The minimum absolute atomic E-state index is 0.274. The summed E-state index contributed by atoms with van der Waals surface area (Å²) < 4.78 is 0. The Bertz CT molecular complexity index is 246. The van der Waals surface area contributed by atoms with E-state index in [0.29, 0.717) is 24.3 Å². The maximum atomic E-state index is 12.2. The van der Waals surface area contributed by atoms with Gasteiger partial charge in [-0.1, -0.05) is 13.8 Å². The van der Waals surface area contributed by atoms with Crippen molar-refractivity contribution in [1.82, 2.24) is 4.90 Å². The fraction of sp³-hybridized carbons (Fsp3) is 0.933. The SMILES string of the molecule is CSCCC(C)N(C)C(=O)CCC(CCN)C(C)C. The van der Waals surface area contributed by atoms with Gasteiger partial charge in [0.15, 0.2) is 0 Å². The smallest absolute Gasteiger partial charge is 0.222 e. The van der Waals surface area contributed by atoms with E-state index in [9.17, 15) is 4.79 Å². The largest absolute Gasteiger partial charge is 0.343 e. The van der Waals surface area contributed by atoms with Gasteiger partial charge in [-0.3, -0.25) is 4.79 Å². The van der Waals surface area contributed by atoms with Crippen molar-refractivity contribution >= 4 is 17.7 Å². The molecule has 3 nitrogen and oxygen atoms in total. The zero-order valence-electron chi connectivity index (χ0n) is 13.3. The molecule has 0 radical (unpaired) electrons. The van der Waals surface area contributed by atoms with Crippen molar-refractivity contribution < 1.29 is 4.79 Å². The minimum Gasteiger partial charge on any atom is -0.343 e. The molecule has 4 heteroatoms. The van der Waals surface area contributed by atoms with Crippen molar-refractivity contribution in [2.75, 3.05) is 25.6 Å². The summed E-state index contributed by atoms with van der Waals surface area (Å²) in [4.78, 5) is 14.1. The number of carbonyl (C=O) groups excluding carboxylic acids is 1. The van der Waals surface area contributed by atoms with Crippen LogP contribution >= 0.6 is 11.8 Å². The molecule has 114 valence electrons. The van der Waals surface area contributed by atoms with Crippen molar-refractivity contribution in [1.29, 1.82) is 0 Å². The molecule has 0 saturated carbocycles. The molecule has 0 saturated heterocycles. The molecule has 0 bridgehead atoms. The molecular formula is C15H32N2OS. The van der Waals surface area contributed by atoms with Crippen molar-refractivity contribution in [2.45, 2.75) is 52.5 Å². The van der Waals surface area contributed by atoms with E-state index in [2.05, 4.69) is 27.0 Å². The van der Waals surface area contributed by atoms with E-state index < -0.39 is 0 Å². The molecule has 2 unspecified atom stereocenters. The Hall–Kier alpha value is -0.220. The molecule has 1 amide bonds. The van der Waals surface area contributed by atoms with Crippen LogP contribution in [0, 0.1) is 11.8 Å². The first-order chi connectivity index (χ1) is 8.93. The van der Waals surface area contributed by atoms with Crippen LogP contribution in [0.25, 0.3) is 0 Å². The van der Waals surface area contributed by atoms with Gasteiger partial charge in [-0.05, 0) is 56.6 Å². The number of thioether (sulfide) groups is 1. The third kappa shape index (κ3) is 7.83. The highest BCUT2D eigenvalue weighted by molar-refractivity contribution is 7.98. The van der Waals surface area contributed by atoms with Crippen LogP contribution < -0.4 is 5.73 Å². The first-order valence-corrected chi connectivity index (χ1v) is 8.78. The predicted molar refractivity (Wildman–Crippen MR) is 86.5 cm³/mol. The van der Waals surface area contributed by atoms with Crippen molar-refractivity contribution in [3.63, 3.8) is 0 Å². The van der Waals surface area contributed by atoms with E-state index in [0.717, 1.165) is 31.6 Å². The van der Waals surface area contributed by atoms with Crippen LogP contribution in [0.1, 0.15) is 46.5 Å². The Morgan fingerprint density at radius 3 is 2.32 bits per heavy atom. The summed E-state index contributed by atoms with van der Waals surface area (Å²) >= 11 is 1.84. The highest BCUT2D eigenvalue weighted by atomic mass is 32.2. The summed E-state index contributed by atoms with van der Waals surface area (Å²) in [5.74, 6) is 2.57. The zero-order chi connectivity index (χ0) is 14.8. The molecule has 0 aliphatic heterocycles. The lowest BCUT2D eigenvalue weighted by Gasteiger charge is -2.26. The van der Waals surface area contributed by atoms with Gasteiger partial charge in [-0.15, -0.1) is 0 Å². The van der Waals surface area contributed by atoms with E-state index in [1.54, 1.807) is 0 Å². The quantitative estimate of drug-likeness (QED) is 0.672. The van der Waals surface area contributed by atoms with E-state index in [1.807, 2.05) is 23.7 Å². The predicted octanol–water partition coefficient (Wildman–Crippen LogP) is 2.99. The van der Waals surface area contributed by atoms with Gasteiger partial charge < -0.3 is 10.6 Å². The van der Waals surface area contributed by atoms with E-state index >= 15 is 0 Å². The molecule has 2 N–H and O–H groups in total. The van der Waals surface area contributed by atoms with Crippen LogP contribution in [0.3, 0.4) is 0 Å². The lowest BCUT2D eigenvalue weighted by molar-refractivity contribution is -0.132. The van der Waals surface area contributed by atoms with E-state index in [4.69, 9.17) is 5.73 Å². The topological polar surface area (TPSA) is 46.3 Å². The first-order valence-electron chi connectivity index (χ1n) is 7.38. The summed E-state index contributed by atoms with van der Waals surface area (Å²) in [7, 11) is 1.93. The summed E-state index contributed by atoms with van der Waals surface area (Å²) in [6.07, 6.45) is 5.82. The van der Waals surface area contributed by atoms with Gasteiger partial charge in [0.1, 0.15) is 0 Å². The normalized spacial score (nSPS) is 14.5. The molecule has 0 aliphatic rings. The molecule has 0 aromatic rings. The van der Waals surface area contributed by atoms with E-state index in [1.165, 1.54) is 0 Å². The van der Waals surface area contributed by atoms with Gasteiger partial charge in [0.2, 0.25) is 5.91 Å². The number of hydrogen-bond donors (Lipinski definition) is 1. The number of amides is 1. The maximum absolute atomic E-state index is 12.2. The van der Waals surface area contributed by atoms with Crippen LogP contribution in [0.15, 0.2) is 0 Å². The Kier molecular flexibility index (Phi) is 10.4. The Morgan fingerprint density at radius 1 is 1.21 bits per heavy atom. The maximum Gasteiger partial charge on any atom is 0.222 e. The molecule has 0 aromatic carbocycles.